The van der Waals surface area contributed by atoms with E-state index in [0.717, 1.165) is 15.6 Å². The summed E-state index contributed by atoms with van der Waals surface area (Å²) in [6.45, 7) is 0. The summed E-state index contributed by atoms with van der Waals surface area (Å²) in [6, 6.07) is 15.0. The van der Waals surface area contributed by atoms with Gasteiger partial charge in [-0.2, -0.15) is 9.50 Å². The van der Waals surface area contributed by atoms with E-state index in [-0.39, 0.29) is 5.56 Å². The maximum atomic E-state index is 12.5. The van der Waals surface area contributed by atoms with Gasteiger partial charge in [0.2, 0.25) is 4.96 Å². The monoisotopic (exact) mass is 417 g/mol. The minimum atomic E-state index is -0.168. The second kappa shape index (κ2) is 6.12. The summed E-state index contributed by atoms with van der Waals surface area (Å²) in [5.74, 6) is 0.496. The minimum Gasteiger partial charge on any atom is -0.266 e. The molecule has 0 bridgehead atoms. The maximum Gasteiger partial charge on any atom is 0.291 e. The lowest BCUT2D eigenvalue weighted by molar-refractivity contribution is 0.937. The van der Waals surface area contributed by atoms with Crippen molar-refractivity contribution in [2.75, 3.05) is 0 Å². The summed E-state index contributed by atoms with van der Waals surface area (Å²) in [6.07, 6.45) is 1.84. The number of halogens is 2. The van der Waals surface area contributed by atoms with Gasteiger partial charge in [0.15, 0.2) is 5.82 Å². The highest BCUT2D eigenvalue weighted by atomic mass is 79.9. The predicted molar refractivity (Wildman–Crippen MR) is 101 cm³/mol. The van der Waals surface area contributed by atoms with Crippen molar-refractivity contribution in [3.63, 3.8) is 0 Å². The van der Waals surface area contributed by atoms with E-state index in [2.05, 4.69) is 26.0 Å². The molecule has 7 heteroatoms. The second-order valence-electron chi connectivity index (χ2n) is 5.11. The molecular formula is C17H9BrClN3OS. The molecule has 0 aliphatic carbocycles. The van der Waals surface area contributed by atoms with Gasteiger partial charge in [-0.05, 0) is 35.9 Å². The van der Waals surface area contributed by atoms with Gasteiger partial charge in [0, 0.05) is 15.1 Å². The minimum absolute atomic E-state index is 0.168. The molecule has 0 spiro atoms. The largest absolute Gasteiger partial charge is 0.291 e. The van der Waals surface area contributed by atoms with Crippen LogP contribution in [0.15, 0.2) is 57.8 Å². The van der Waals surface area contributed by atoms with E-state index in [1.807, 2.05) is 42.5 Å². The zero-order chi connectivity index (χ0) is 16.7. The summed E-state index contributed by atoms with van der Waals surface area (Å²) >= 11 is 10.7. The Bertz CT molecular complexity index is 1150. The van der Waals surface area contributed by atoms with Gasteiger partial charge in [0.05, 0.1) is 4.53 Å². The Hall–Kier alpha value is -2.02. The van der Waals surface area contributed by atoms with Crippen LogP contribution in [-0.4, -0.2) is 14.6 Å². The quantitative estimate of drug-likeness (QED) is 0.498. The van der Waals surface area contributed by atoms with Crippen molar-refractivity contribution in [2.24, 2.45) is 0 Å². The van der Waals surface area contributed by atoms with Gasteiger partial charge in [0.1, 0.15) is 0 Å². The lowest BCUT2D eigenvalue weighted by Gasteiger charge is -1.94. The first-order chi connectivity index (χ1) is 11.6. The molecule has 4 nitrogen and oxygen atoms in total. The van der Waals surface area contributed by atoms with Crippen molar-refractivity contribution >= 4 is 49.9 Å². The van der Waals surface area contributed by atoms with Crippen LogP contribution in [0.1, 0.15) is 5.56 Å². The average molecular weight is 419 g/mol. The predicted octanol–water partition coefficient (Wildman–Crippen LogP) is 3.78. The first-order valence-corrected chi connectivity index (χ1v) is 9.02. The van der Waals surface area contributed by atoms with Gasteiger partial charge in [-0.1, -0.05) is 63.1 Å². The molecule has 0 N–H and O–H groups in total. The standard InChI is InChI=1S/C17H9BrClN3OS/c18-12-6-4-10(5-7-12)8-14-16(23)22-17(24-14)20-15(21-22)11-2-1-3-13(19)9-11/h1-9H. The topological polar surface area (TPSA) is 47.3 Å². The number of hydrogen-bond acceptors (Lipinski definition) is 4. The second-order valence-corrected chi connectivity index (χ2v) is 7.47. The van der Waals surface area contributed by atoms with Gasteiger partial charge in [-0.25, -0.2) is 0 Å². The van der Waals surface area contributed by atoms with E-state index in [1.54, 1.807) is 12.1 Å². The number of aromatic nitrogens is 3. The van der Waals surface area contributed by atoms with Gasteiger partial charge >= 0.3 is 0 Å². The fraction of sp³-hybridized carbons (Fsp3) is 0. The van der Waals surface area contributed by atoms with Crippen LogP contribution in [-0.2, 0) is 0 Å². The van der Waals surface area contributed by atoms with Gasteiger partial charge in [-0.15, -0.1) is 5.10 Å². The molecule has 0 atom stereocenters. The van der Waals surface area contributed by atoms with Crippen LogP contribution in [0.5, 0.6) is 0 Å². The molecule has 2 aromatic carbocycles. The number of benzene rings is 2. The van der Waals surface area contributed by atoms with E-state index < -0.39 is 0 Å². The molecule has 0 saturated carbocycles. The molecule has 2 aromatic heterocycles. The fourth-order valence-electron chi connectivity index (χ4n) is 2.29. The molecule has 118 valence electrons. The van der Waals surface area contributed by atoms with E-state index in [9.17, 15) is 4.79 Å². The molecule has 2 heterocycles. The smallest absolute Gasteiger partial charge is 0.266 e. The Morgan fingerprint density at radius 2 is 1.96 bits per heavy atom. The van der Waals surface area contributed by atoms with Gasteiger partial charge in [0.25, 0.3) is 5.56 Å². The molecular weight excluding hydrogens is 410 g/mol. The van der Waals surface area contributed by atoms with Crippen molar-refractivity contribution < 1.29 is 0 Å². The molecule has 0 fully saturated rings. The average Bonchev–Trinajstić information content (AvgIpc) is 3.10. The van der Waals surface area contributed by atoms with Crippen molar-refractivity contribution in [3.8, 4) is 11.4 Å². The van der Waals surface area contributed by atoms with Crippen LogP contribution >= 0.6 is 38.9 Å². The number of nitrogens with zero attached hydrogens (tertiary/aromatic N) is 3. The van der Waals surface area contributed by atoms with Crippen molar-refractivity contribution in [2.45, 2.75) is 0 Å². The van der Waals surface area contributed by atoms with E-state index >= 15 is 0 Å². The summed E-state index contributed by atoms with van der Waals surface area (Å²) in [4.78, 5) is 17.5. The van der Waals surface area contributed by atoms with Gasteiger partial charge in [-0.3, -0.25) is 4.79 Å². The normalized spacial score (nSPS) is 12.2. The molecule has 0 saturated heterocycles. The molecule has 0 amide bonds. The Morgan fingerprint density at radius 3 is 2.67 bits per heavy atom. The number of hydrogen-bond donors (Lipinski definition) is 0. The Labute approximate surface area is 154 Å². The van der Waals surface area contributed by atoms with E-state index in [1.165, 1.54) is 15.9 Å². The fourth-order valence-corrected chi connectivity index (χ4v) is 3.66. The zero-order valence-corrected chi connectivity index (χ0v) is 15.3. The molecule has 0 radical (unpaired) electrons. The lowest BCUT2D eigenvalue weighted by Crippen LogP contribution is -2.23. The number of rotatable bonds is 2. The Morgan fingerprint density at radius 1 is 1.17 bits per heavy atom. The number of thiazole rings is 1. The third-order valence-corrected chi connectivity index (χ3v) is 5.16. The summed E-state index contributed by atoms with van der Waals surface area (Å²) in [5.41, 5.74) is 1.57. The van der Waals surface area contributed by atoms with Crippen LogP contribution in [0.4, 0.5) is 0 Å². The third-order valence-electron chi connectivity index (χ3n) is 3.43. The van der Waals surface area contributed by atoms with E-state index in [0.29, 0.717) is 20.3 Å². The van der Waals surface area contributed by atoms with Crippen LogP contribution < -0.4 is 10.1 Å². The summed E-state index contributed by atoms with van der Waals surface area (Å²) < 4.78 is 2.94. The first kappa shape index (κ1) is 15.5. The Balaban J connectivity index is 1.81. The van der Waals surface area contributed by atoms with E-state index in [4.69, 9.17) is 11.6 Å². The Kier molecular flexibility index (Phi) is 3.96. The molecule has 0 aliphatic heterocycles. The molecule has 24 heavy (non-hydrogen) atoms. The summed E-state index contributed by atoms with van der Waals surface area (Å²) in [7, 11) is 0. The van der Waals surface area contributed by atoms with Crippen molar-refractivity contribution in [1.29, 1.82) is 0 Å². The third kappa shape index (κ3) is 2.88. The molecule has 4 rings (SSSR count). The lowest BCUT2D eigenvalue weighted by atomic mass is 10.2. The zero-order valence-electron chi connectivity index (χ0n) is 12.1. The van der Waals surface area contributed by atoms with Gasteiger partial charge < -0.3 is 0 Å². The molecule has 0 aliphatic rings. The first-order valence-electron chi connectivity index (χ1n) is 7.03. The maximum absolute atomic E-state index is 12.5. The van der Waals surface area contributed by atoms with Crippen LogP contribution in [0.2, 0.25) is 5.02 Å². The SMILES string of the molecule is O=c1c(=Cc2ccc(Br)cc2)sc2nc(-c3cccc(Cl)c3)nn12. The van der Waals surface area contributed by atoms with Crippen LogP contribution in [0.25, 0.3) is 22.4 Å². The molecule has 0 unspecified atom stereocenters. The highest BCUT2D eigenvalue weighted by Crippen LogP contribution is 2.20. The molecule has 4 aromatic rings. The van der Waals surface area contributed by atoms with Crippen molar-refractivity contribution in [1.82, 2.24) is 14.6 Å². The van der Waals surface area contributed by atoms with Crippen LogP contribution in [0, 0.1) is 0 Å². The highest BCUT2D eigenvalue weighted by molar-refractivity contribution is 9.10. The van der Waals surface area contributed by atoms with Crippen LogP contribution in [0.3, 0.4) is 0 Å². The summed E-state index contributed by atoms with van der Waals surface area (Å²) in [5, 5.41) is 4.93. The highest BCUT2D eigenvalue weighted by Gasteiger charge is 2.12. The number of fused-ring (bicyclic) bond motifs is 1. The van der Waals surface area contributed by atoms with Crippen molar-refractivity contribution in [3.05, 3.63) is 78.5 Å².